The molecule has 0 aromatic heterocycles. The predicted molar refractivity (Wildman–Crippen MR) is 42.2 cm³/mol. The van der Waals surface area contributed by atoms with E-state index >= 15 is 0 Å². The average molecular weight is 161 g/mol. The fourth-order valence-electron chi connectivity index (χ4n) is 0.282. The van der Waals surface area contributed by atoms with Crippen LogP contribution in [0.3, 0.4) is 0 Å². The van der Waals surface area contributed by atoms with Gasteiger partial charge >= 0.3 is 0 Å². The molecule has 0 fully saturated rings. The van der Waals surface area contributed by atoms with Gasteiger partial charge in [-0.05, 0) is 13.0 Å². The van der Waals surface area contributed by atoms with Crippen LogP contribution in [0.25, 0.3) is 0 Å². The van der Waals surface area contributed by atoms with Crippen LogP contribution in [-0.2, 0) is 14.5 Å². The second kappa shape index (κ2) is 3.51. The molecule has 0 aromatic rings. The third kappa shape index (κ3) is 7.36. The molecule has 0 aliphatic heterocycles. The SMILES string of the molecule is CC(=O)/C=C/N=S(C)(C)=O. The molecule has 4 heteroatoms. The molecule has 0 atom stereocenters. The normalized spacial score (nSPS) is 11.9. The van der Waals surface area contributed by atoms with Gasteiger partial charge in [-0.15, -0.1) is 0 Å². The Morgan fingerprint density at radius 3 is 2.30 bits per heavy atom. The van der Waals surface area contributed by atoms with Crippen LogP contribution >= 0.6 is 0 Å². The summed E-state index contributed by atoms with van der Waals surface area (Å²) >= 11 is 0. The number of hydrogen-bond donors (Lipinski definition) is 0. The summed E-state index contributed by atoms with van der Waals surface area (Å²) in [4.78, 5) is 10.3. The highest BCUT2D eigenvalue weighted by atomic mass is 32.2. The second-order valence-corrected chi connectivity index (χ2v) is 4.79. The first-order chi connectivity index (χ1) is 4.42. The summed E-state index contributed by atoms with van der Waals surface area (Å²) in [5.41, 5.74) is 0. The van der Waals surface area contributed by atoms with Gasteiger partial charge < -0.3 is 0 Å². The summed E-state index contributed by atoms with van der Waals surface area (Å²) in [5, 5.41) is 0. The van der Waals surface area contributed by atoms with Crippen LogP contribution in [0.2, 0.25) is 0 Å². The molecule has 0 bridgehead atoms. The largest absolute Gasteiger partial charge is 0.295 e. The molecule has 0 saturated carbocycles. The van der Waals surface area contributed by atoms with E-state index in [9.17, 15) is 9.00 Å². The molecule has 0 N–H and O–H groups in total. The Morgan fingerprint density at radius 1 is 1.50 bits per heavy atom. The van der Waals surface area contributed by atoms with Crippen molar-refractivity contribution in [1.82, 2.24) is 0 Å². The molecule has 0 radical (unpaired) electrons. The molecule has 0 rings (SSSR count). The monoisotopic (exact) mass is 161 g/mol. The number of ketones is 1. The smallest absolute Gasteiger partial charge is 0.154 e. The lowest BCUT2D eigenvalue weighted by Gasteiger charge is -1.86. The van der Waals surface area contributed by atoms with E-state index in [1.165, 1.54) is 31.7 Å². The lowest BCUT2D eigenvalue weighted by molar-refractivity contribution is -0.112. The molecule has 0 heterocycles. The molecular formula is C6H11NO2S. The highest BCUT2D eigenvalue weighted by Gasteiger charge is 1.84. The number of nitrogens with zero attached hydrogens (tertiary/aromatic N) is 1. The van der Waals surface area contributed by atoms with E-state index < -0.39 is 9.73 Å². The summed E-state index contributed by atoms with van der Waals surface area (Å²) in [5.74, 6) is -0.0904. The second-order valence-electron chi connectivity index (χ2n) is 2.21. The Balaban J connectivity index is 4.24. The van der Waals surface area contributed by atoms with Crippen molar-refractivity contribution < 1.29 is 9.00 Å². The van der Waals surface area contributed by atoms with Crippen LogP contribution < -0.4 is 0 Å². The fraction of sp³-hybridized carbons (Fsp3) is 0.500. The molecule has 0 aliphatic carbocycles. The van der Waals surface area contributed by atoms with Crippen molar-refractivity contribution in [2.24, 2.45) is 4.36 Å². The van der Waals surface area contributed by atoms with Gasteiger partial charge in [0.05, 0.1) is 0 Å². The van der Waals surface area contributed by atoms with Crippen molar-refractivity contribution in [2.75, 3.05) is 12.5 Å². The number of hydrogen-bond acceptors (Lipinski definition) is 3. The summed E-state index contributed by atoms with van der Waals surface area (Å²) < 4.78 is 14.5. The molecule has 0 aliphatic rings. The highest BCUT2D eigenvalue weighted by Crippen LogP contribution is 1.85. The first-order valence-corrected chi connectivity index (χ1v) is 5.08. The molecular weight excluding hydrogens is 150 g/mol. The van der Waals surface area contributed by atoms with Gasteiger partial charge in [-0.25, -0.2) is 8.57 Å². The van der Waals surface area contributed by atoms with Crippen LogP contribution in [0.4, 0.5) is 0 Å². The maximum absolute atomic E-state index is 10.8. The third-order valence-corrected chi connectivity index (χ3v) is 1.25. The first kappa shape index (κ1) is 9.36. The van der Waals surface area contributed by atoms with Crippen LogP contribution in [0, 0.1) is 0 Å². The summed E-state index contributed by atoms with van der Waals surface area (Å²) in [6.07, 6.45) is 5.59. The van der Waals surface area contributed by atoms with Crippen LogP contribution in [0.1, 0.15) is 6.92 Å². The Labute approximate surface area is 61.3 Å². The highest BCUT2D eigenvalue weighted by molar-refractivity contribution is 7.92. The standard InChI is InChI=1S/C6H11NO2S/c1-6(8)4-5-7-10(2,3)9/h4-5H,1-3H3/b5-4+. The summed E-state index contributed by atoms with van der Waals surface area (Å²) in [6, 6.07) is 0. The van der Waals surface area contributed by atoms with Gasteiger partial charge in [0, 0.05) is 28.4 Å². The van der Waals surface area contributed by atoms with E-state index in [1.54, 1.807) is 0 Å². The fourth-order valence-corrected chi connectivity index (χ4v) is 0.636. The van der Waals surface area contributed by atoms with E-state index in [1.807, 2.05) is 0 Å². The van der Waals surface area contributed by atoms with Gasteiger partial charge in [0.2, 0.25) is 0 Å². The van der Waals surface area contributed by atoms with Crippen molar-refractivity contribution >= 4 is 15.5 Å². The van der Waals surface area contributed by atoms with Gasteiger partial charge in [0.15, 0.2) is 5.78 Å². The molecule has 0 amide bonds. The first-order valence-electron chi connectivity index (χ1n) is 2.75. The van der Waals surface area contributed by atoms with Gasteiger partial charge in [-0.2, -0.15) is 0 Å². The number of carbonyl (C=O) groups is 1. The Hall–Kier alpha value is -0.640. The lowest BCUT2D eigenvalue weighted by Crippen LogP contribution is -1.88. The number of carbonyl (C=O) groups excluding carboxylic acids is 1. The van der Waals surface area contributed by atoms with Crippen LogP contribution in [0.5, 0.6) is 0 Å². The third-order valence-electron chi connectivity index (χ3n) is 0.624. The molecule has 3 nitrogen and oxygen atoms in total. The van der Waals surface area contributed by atoms with E-state index in [4.69, 9.17) is 0 Å². The molecule has 0 spiro atoms. The van der Waals surface area contributed by atoms with Gasteiger partial charge in [-0.1, -0.05) is 0 Å². The van der Waals surface area contributed by atoms with Crippen molar-refractivity contribution in [3.05, 3.63) is 12.3 Å². The number of rotatable bonds is 2. The molecule has 10 heavy (non-hydrogen) atoms. The van der Waals surface area contributed by atoms with E-state index in [-0.39, 0.29) is 5.78 Å². The Kier molecular flexibility index (Phi) is 3.28. The predicted octanol–water partition coefficient (Wildman–Crippen LogP) is 0.817. The molecule has 0 unspecified atom stereocenters. The zero-order valence-corrected chi connectivity index (χ0v) is 7.14. The van der Waals surface area contributed by atoms with Crippen molar-refractivity contribution in [3.63, 3.8) is 0 Å². The van der Waals surface area contributed by atoms with Crippen molar-refractivity contribution in [3.8, 4) is 0 Å². The summed E-state index contributed by atoms with van der Waals surface area (Å²) in [6.45, 7) is 1.42. The number of allylic oxidation sites excluding steroid dienone is 1. The maximum atomic E-state index is 10.8. The van der Waals surface area contributed by atoms with Gasteiger partial charge in [-0.3, -0.25) is 4.79 Å². The van der Waals surface area contributed by atoms with Gasteiger partial charge in [0.25, 0.3) is 0 Å². The zero-order chi connectivity index (χ0) is 8.20. The Morgan fingerprint density at radius 2 is 2.00 bits per heavy atom. The lowest BCUT2D eigenvalue weighted by atomic mass is 10.4. The molecule has 58 valence electrons. The van der Waals surface area contributed by atoms with Crippen molar-refractivity contribution in [2.45, 2.75) is 6.92 Å². The summed E-state index contributed by atoms with van der Waals surface area (Å²) in [7, 11) is -2.08. The van der Waals surface area contributed by atoms with Gasteiger partial charge in [0.1, 0.15) is 0 Å². The molecule has 0 aromatic carbocycles. The van der Waals surface area contributed by atoms with Crippen LogP contribution in [0.15, 0.2) is 16.6 Å². The van der Waals surface area contributed by atoms with E-state index in [2.05, 4.69) is 4.36 Å². The average Bonchev–Trinajstić information content (AvgIpc) is 1.59. The molecule has 0 saturated heterocycles. The van der Waals surface area contributed by atoms with E-state index in [0.29, 0.717) is 0 Å². The maximum Gasteiger partial charge on any atom is 0.154 e. The minimum atomic E-state index is -2.08. The minimum Gasteiger partial charge on any atom is -0.295 e. The Bertz CT molecular complexity index is 251. The van der Waals surface area contributed by atoms with E-state index in [0.717, 1.165) is 0 Å². The topological polar surface area (TPSA) is 46.5 Å². The quantitative estimate of drug-likeness (QED) is 0.563. The van der Waals surface area contributed by atoms with Crippen molar-refractivity contribution in [1.29, 1.82) is 0 Å². The minimum absolute atomic E-state index is 0.0904. The zero-order valence-electron chi connectivity index (χ0n) is 6.33. The van der Waals surface area contributed by atoms with Crippen LogP contribution in [-0.4, -0.2) is 22.5 Å².